The van der Waals surface area contributed by atoms with Crippen LogP contribution < -0.4 is 10.1 Å². The van der Waals surface area contributed by atoms with Gasteiger partial charge in [0.25, 0.3) is 5.91 Å². The average Bonchev–Trinajstić information content (AvgIpc) is 2.69. The first kappa shape index (κ1) is 17.2. The summed E-state index contributed by atoms with van der Waals surface area (Å²) in [5.41, 5.74) is 1.64. The molecule has 0 bridgehead atoms. The highest BCUT2D eigenvalue weighted by Gasteiger charge is 2.19. The maximum Gasteiger partial charge on any atom is 0.274 e. The Hall–Kier alpha value is -2.63. The molecule has 25 heavy (non-hydrogen) atoms. The number of aromatic nitrogens is 2. The number of methoxy groups -OCH3 is 1. The average molecular weight is 340 g/mol. The van der Waals surface area contributed by atoms with Gasteiger partial charge in [0.15, 0.2) is 0 Å². The summed E-state index contributed by atoms with van der Waals surface area (Å²) in [6, 6.07) is 8.01. The Kier molecular flexibility index (Phi) is 5.82. The van der Waals surface area contributed by atoms with Crippen molar-refractivity contribution >= 4 is 11.7 Å². The number of ether oxygens (including phenoxy) is 1. The quantitative estimate of drug-likeness (QED) is 0.876. The zero-order valence-corrected chi connectivity index (χ0v) is 14.6. The minimum atomic E-state index is -0.0167. The molecule has 0 spiro atoms. The largest absolute Gasteiger partial charge is 0.497 e. The molecule has 1 saturated heterocycles. The third-order valence-corrected chi connectivity index (χ3v) is 4.39. The van der Waals surface area contributed by atoms with Crippen LogP contribution in [0.25, 0.3) is 0 Å². The maximum absolute atomic E-state index is 12.4. The van der Waals surface area contributed by atoms with Gasteiger partial charge in [-0.3, -0.25) is 4.79 Å². The highest BCUT2D eigenvalue weighted by molar-refractivity contribution is 5.92. The van der Waals surface area contributed by atoms with Gasteiger partial charge in [0.05, 0.1) is 19.5 Å². The molecule has 1 N–H and O–H groups in total. The first-order valence-electron chi connectivity index (χ1n) is 8.74. The van der Waals surface area contributed by atoms with E-state index in [1.54, 1.807) is 19.5 Å². The van der Waals surface area contributed by atoms with Gasteiger partial charge >= 0.3 is 0 Å². The van der Waals surface area contributed by atoms with Gasteiger partial charge in [0, 0.05) is 19.6 Å². The van der Waals surface area contributed by atoms with E-state index in [2.05, 4.69) is 15.3 Å². The minimum Gasteiger partial charge on any atom is -0.497 e. The van der Waals surface area contributed by atoms with Crippen molar-refractivity contribution in [1.29, 1.82) is 0 Å². The number of nitrogens with zero attached hydrogens (tertiary/aromatic N) is 3. The Morgan fingerprint density at radius 2 is 1.88 bits per heavy atom. The van der Waals surface area contributed by atoms with Crippen LogP contribution in [0.15, 0.2) is 36.7 Å². The normalized spacial score (nSPS) is 14.2. The predicted octanol–water partition coefficient (Wildman–Crippen LogP) is 2.77. The van der Waals surface area contributed by atoms with Crippen LogP contribution in [0.2, 0.25) is 0 Å². The van der Waals surface area contributed by atoms with E-state index in [4.69, 9.17) is 4.74 Å². The third kappa shape index (κ3) is 4.68. The van der Waals surface area contributed by atoms with Gasteiger partial charge in [-0.05, 0) is 43.4 Å². The van der Waals surface area contributed by atoms with Gasteiger partial charge in [-0.2, -0.15) is 0 Å². The van der Waals surface area contributed by atoms with E-state index in [1.165, 1.54) is 12.0 Å². The van der Waals surface area contributed by atoms with Crippen molar-refractivity contribution in [1.82, 2.24) is 14.9 Å². The predicted molar refractivity (Wildman–Crippen MR) is 97.0 cm³/mol. The number of hydrogen-bond acceptors (Lipinski definition) is 5. The summed E-state index contributed by atoms with van der Waals surface area (Å²) in [6.45, 7) is 2.39. The number of benzene rings is 1. The highest BCUT2D eigenvalue weighted by Crippen LogP contribution is 2.13. The van der Waals surface area contributed by atoms with Crippen molar-refractivity contribution in [3.8, 4) is 5.75 Å². The van der Waals surface area contributed by atoms with Crippen molar-refractivity contribution in [2.24, 2.45) is 0 Å². The molecular formula is C19H24N4O2. The molecule has 1 amide bonds. The second kappa shape index (κ2) is 8.46. The molecule has 6 heteroatoms. The third-order valence-electron chi connectivity index (χ3n) is 4.39. The molecule has 1 aliphatic rings. The van der Waals surface area contributed by atoms with Crippen molar-refractivity contribution in [2.45, 2.75) is 25.7 Å². The lowest BCUT2D eigenvalue weighted by Gasteiger charge is -2.26. The molecule has 2 heterocycles. The zero-order chi connectivity index (χ0) is 17.5. The van der Waals surface area contributed by atoms with Crippen LogP contribution in [0.1, 0.15) is 35.3 Å². The molecule has 0 radical (unpaired) electrons. The molecule has 1 aromatic carbocycles. The van der Waals surface area contributed by atoms with E-state index in [0.29, 0.717) is 11.5 Å². The lowest BCUT2D eigenvalue weighted by molar-refractivity contribution is 0.0718. The van der Waals surface area contributed by atoms with E-state index in [9.17, 15) is 4.79 Å². The fourth-order valence-corrected chi connectivity index (χ4v) is 2.92. The lowest BCUT2D eigenvalue weighted by Crippen LogP contribution is -2.36. The van der Waals surface area contributed by atoms with E-state index >= 15 is 0 Å². The molecule has 132 valence electrons. The van der Waals surface area contributed by atoms with Gasteiger partial charge in [0.1, 0.15) is 17.3 Å². The van der Waals surface area contributed by atoms with E-state index < -0.39 is 0 Å². The number of anilines is 1. The number of carbonyl (C=O) groups is 1. The number of nitrogens with one attached hydrogen (secondary N) is 1. The summed E-state index contributed by atoms with van der Waals surface area (Å²) >= 11 is 0. The molecule has 6 nitrogen and oxygen atoms in total. The number of carbonyl (C=O) groups excluding carboxylic acids is 1. The summed E-state index contributed by atoms with van der Waals surface area (Å²) in [4.78, 5) is 22.8. The molecule has 1 aliphatic heterocycles. The van der Waals surface area contributed by atoms with E-state index in [-0.39, 0.29) is 5.91 Å². The second-order valence-electron chi connectivity index (χ2n) is 6.16. The maximum atomic E-state index is 12.4. The van der Waals surface area contributed by atoms with Gasteiger partial charge in [0.2, 0.25) is 0 Å². The highest BCUT2D eigenvalue weighted by atomic mass is 16.5. The van der Waals surface area contributed by atoms with Crippen LogP contribution in [0.5, 0.6) is 5.75 Å². The van der Waals surface area contributed by atoms with Gasteiger partial charge in [-0.25, -0.2) is 9.97 Å². The SMILES string of the molecule is COc1ccc(CCNc2cnc(C(=O)N3CCCCC3)cn2)cc1. The van der Waals surface area contributed by atoms with Crippen LogP contribution in [-0.4, -0.2) is 47.5 Å². The second-order valence-corrected chi connectivity index (χ2v) is 6.16. The first-order chi connectivity index (χ1) is 12.3. The summed E-state index contributed by atoms with van der Waals surface area (Å²) in [5, 5.41) is 3.24. The molecule has 3 rings (SSSR count). The Morgan fingerprint density at radius 3 is 2.52 bits per heavy atom. The molecule has 0 unspecified atom stereocenters. The van der Waals surface area contributed by atoms with Crippen LogP contribution in [-0.2, 0) is 6.42 Å². The topological polar surface area (TPSA) is 67.3 Å². The summed E-state index contributed by atoms with van der Waals surface area (Å²) in [7, 11) is 1.66. The zero-order valence-electron chi connectivity index (χ0n) is 14.6. The van der Waals surface area contributed by atoms with Crippen molar-refractivity contribution < 1.29 is 9.53 Å². The van der Waals surface area contributed by atoms with E-state index in [1.807, 2.05) is 29.2 Å². The minimum absolute atomic E-state index is 0.0167. The Morgan fingerprint density at radius 1 is 1.12 bits per heavy atom. The fourth-order valence-electron chi connectivity index (χ4n) is 2.92. The van der Waals surface area contributed by atoms with Crippen molar-refractivity contribution in [3.63, 3.8) is 0 Å². The van der Waals surface area contributed by atoms with Crippen molar-refractivity contribution in [2.75, 3.05) is 32.1 Å². The Labute approximate surface area is 148 Å². The molecular weight excluding hydrogens is 316 g/mol. The number of rotatable bonds is 6. The lowest BCUT2D eigenvalue weighted by atomic mass is 10.1. The Bertz CT molecular complexity index is 680. The molecule has 1 fully saturated rings. The first-order valence-corrected chi connectivity index (χ1v) is 8.74. The van der Waals surface area contributed by atoms with Gasteiger partial charge in [-0.15, -0.1) is 0 Å². The standard InChI is InChI=1S/C19H24N4O2/c1-25-16-7-5-15(6-8-16)9-10-20-18-14-21-17(13-22-18)19(24)23-11-3-2-4-12-23/h5-8,13-14H,2-4,9-12H2,1H3,(H,20,22). The van der Waals surface area contributed by atoms with Gasteiger partial charge in [-0.1, -0.05) is 12.1 Å². The number of amides is 1. The van der Waals surface area contributed by atoms with Crippen LogP contribution in [0.3, 0.4) is 0 Å². The van der Waals surface area contributed by atoms with E-state index in [0.717, 1.165) is 44.6 Å². The van der Waals surface area contributed by atoms with Crippen molar-refractivity contribution in [3.05, 3.63) is 47.9 Å². The summed E-state index contributed by atoms with van der Waals surface area (Å²) in [6.07, 6.45) is 7.42. The number of likely N-dealkylation sites (tertiary alicyclic amines) is 1. The Balaban J connectivity index is 1.49. The van der Waals surface area contributed by atoms with Gasteiger partial charge < -0.3 is 15.0 Å². The smallest absolute Gasteiger partial charge is 0.274 e. The molecule has 2 aromatic rings. The van der Waals surface area contributed by atoms with Crippen LogP contribution in [0.4, 0.5) is 5.82 Å². The molecule has 0 atom stereocenters. The molecule has 0 aliphatic carbocycles. The monoisotopic (exact) mass is 340 g/mol. The summed E-state index contributed by atoms with van der Waals surface area (Å²) < 4.78 is 5.15. The van der Waals surface area contributed by atoms with Crippen LogP contribution >= 0.6 is 0 Å². The number of piperidine rings is 1. The summed E-state index contributed by atoms with van der Waals surface area (Å²) in [5.74, 6) is 1.53. The molecule has 0 saturated carbocycles. The number of hydrogen-bond donors (Lipinski definition) is 1. The van der Waals surface area contributed by atoms with Crippen LogP contribution in [0, 0.1) is 0 Å². The fraction of sp³-hybridized carbons (Fsp3) is 0.421. The molecule has 1 aromatic heterocycles.